The topological polar surface area (TPSA) is 106 Å². The Labute approximate surface area is 187 Å². The molecule has 2 heterocycles. The number of aliphatic imine (C=N–C) groups is 1. The fraction of sp³-hybridized carbons (Fsp3) is 0.238. The number of carbonyl (C=O) groups is 1. The van der Waals surface area contributed by atoms with E-state index < -0.39 is 11.5 Å². The highest BCUT2D eigenvalue weighted by Gasteiger charge is 2.18. The molecule has 0 saturated carbocycles. The molecular weight excluding hydrogens is 438 g/mol. The Bertz CT molecular complexity index is 1210. The van der Waals surface area contributed by atoms with Gasteiger partial charge in [-0.3, -0.25) is 14.3 Å². The molecule has 3 rings (SSSR count). The molecule has 0 bridgehead atoms. The van der Waals surface area contributed by atoms with Crippen LogP contribution in [0, 0.1) is 4.77 Å². The highest BCUT2D eigenvalue weighted by Crippen LogP contribution is 2.37. The Balaban J connectivity index is 2.05. The van der Waals surface area contributed by atoms with Crippen LogP contribution in [0.1, 0.15) is 22.8 Å². The molecular formula is C21H21N3O5S2. The zero-order valence-electron chi connectivity index (χ0n) is 17.0. The quantitative estimate of drug-likeness (QED) is 0.301. The van der Waals surface area contributed by atoms with Gasteiger partial charge in [-0.2, -0.15) is 0 Å². The molecule has 0 unspecified atom stereocenters. The summed E-state index contributed by atoms with van der Waals surface area (Å²) in [4.78, 5) is 32.4. The normalized spacial score (nSPS) is 11.2. The fourth-order valence-corrected chi connectivity index (χ4v) is 4.05. The lowest BCUT2D eigenvalue weighted by atomic mass is 10.1. The second-order valence-electron chi connectivity index (χ2n) is 6.32. The van der Waals surface area contributed by atoms with E-state index in [0.29, 0.717) is 11.6 Å². The summed E-state index contributed by atoms with van der Waals surface area (Å²) in [7, 11) is 1.52. The Morgan fingerprint density at radius 3 is 2.77 bits per heavy atom. The van der Waals surface area contributed by atoms with Crippen molar-refractivity contribution in [2.24, 2.45) is 4.99 Å². The van der Waals surface area contributed by atoms with Crippen LogP contribution in [0.4, 0.5) is 5.00 Å². The number of rotatable bonds is 8. The molecule has 162 valence electrons. The zero-order chi connectivity index (χ0) is 22.4. The number of hydrogen-bond donors (Lipinski definition) is 2. The van der Waals surface area contributed by atoms with Crippen molar-refractivity contribution in [2.45, 2.75) is 13.5 Å². The minimum absolute atomic E-state index is 0.0748. The van der Waals surface area contributed by atoms with Gasteiger partial charge < -0.3 is 14.6 Å². The van der Waals surface area contributed by atoms with Crippen LogP contribution >= 0.6 is 23.6 Å². The average Bonchev–Trinajstić information content (AvgIpc) is 3.18. The third-order valence-corrected chi connectivity index (χ3v) is 5.72. The molecule has 0 atom stereocenters. The second kappa shape index (κ2) is 10.3. The van der Waals surface area contributed by atoms with Gasteiger partial charge in [0.25, 0.3) is 5.56 Å². The minimum atomic E-state index is -0.586. The number of H-pyrrole nitrogens is 1. The molecule has 0 spiro atoms. The number of nitrogens with zero attached hydrogens (tertiary/aromatic N) is 2. The molecule has 0 saturated heterocycles. The van der Waals surface area contributed by atoms with E-state index in [1.807, 2.05) is 30.3 Å². The van der Waals surface area contributed by atoms with Crippen molar-refractivity contribution < 1.29 is 19.4 Å². The summed E-state index contributed by atoms with van der Waals surface area (Å²) in [6.07, 6.45) is 1.22. The molecule has 0 aliphatic carbocycles. The first kappa shape index (κ1) is 22.6. The summed E-state index contributed by atoms with van der Waals surface area (Å²) in [5.74, 6) is -0.839. The summed E-state index contributed by atoms with van der Waals surface area (Å²) in [5.41, 5.74) is 0.546. The molecule has 1 aromatic carbocycles. The van der Waals surface area contributed by atoms with Gasteiger partial charge >= 0.3 is 5.97 Å². The standard InChI is InChI=1S/C21H21N3O5S2/c1-3-29-20(27)14-11-16(13-7-5-4-6-8-13)31-18(14)22-12-15-17(25)23-21(30)24(19(15)26)9-10-28-2/h4-8,11-12,26H,3,9-10H2,1-2H3,(H,23,25,30). The van der Waals surface area contributed by atoms with Crippen molar-refractivity contribution >= 4 is 40.7 Å². The molecule has 2 N–H and O–H groups in total. The van der Waals surface area contributed by atoms with Gasteiger partial charge in [-0.05, 0) is 30.8 Å². The van der Waals surface area contributed by atoms with Gasteiger partial charge in [0, 0.05) is 18.2 Å². The van der Waals surface area contributed by atoms with Crippen molar-refractivity contribution in [3.8, 4) is 16.3 Å². The SMILES string of the molecule is CCOC(=O)c1cc(-c2ccccc2)sc1N=Cc1c(O)n(CCOC)c(=S)[nH]c1=O. The maximum atomic E-state index is 12.4. The number of thiophene rings is 1. The third kappa shape index (κ3) is 5.16. The van der Waals surface area contributed by atoms with Crippen LogP contribution < -0.4 is 5.56 Å². The van der Waals surface area contributed by atoms with Crippen LogP contribution in [0.25, 0.3) is 10.4 Å². The maximum absolute atomic E-state index is 12.4. The Kier molecular flexibility index (Phi) is 7.50. The number of carbonyl (C=O) groups excluding carboxylic acids is 1. The van der Waals surface area contributed by atoms with Gasteiger partial charge in [0.2, 0.25) is 5.88 Å². The first-order valence-corrected chi connectivity index (χ1v) is 10.6. The number of aromatic hydroxyl groups is 1. The summed E-state index contributed by atoms with van der Waals surface area (Å²) < 4.78 is 11.6. The molecule has 2 aromatic heterocycles. The van der Waals surface area contributed by atoms with E-state index in [4.69, 9.17) is 21.7 Å². The lowest BCUT2D eigenvalue weighted by molar-refractivity contribution is 0.0528. The van der Waals surface area contributed by atoms with Gasteiger partial charge in [-0.15, -0.1) is 11.3 Å². The lowest BCUT2D eigenvalue weighted by Crippen LogP contribution is -2.20. The van der Waals surface area contributed by atoms with E-state index in [2.05, 4.69) is 9.98 Å². The van der Waals surface area contributed by atoms with Crippen LogP contribution in [0.2, 0.25) is 0 Å². The fourth-order valence-electron chi connectivity index (χ4n) is 2.78. The highest BCUT2D eigenvalue weighted by atomic mass is 32.1. The van der Waals surface area contributed by atoms with Gasteiger partial charge in [0.05, 0.1) is 25.3 Å². The van der Waals surface area contributed by atoms with Crippen molar-refractivity contribution in [1.29, 1.82) is 0 Å². The van der Waals surface area contributed by atoms with E-state index in [-0.39, 0.29) is 34.9 Å². The number of methoxy groups -OCH3 is 1. The van der Waals surface area contributed by atoms with Crippen LogP contribution in [-0.4, -0.2) is 47.2 Å². The van der Waals surface area contributed by atoms with Gasteiger partial charge in [0.15, 0.2) is 4.77 Å². The highest BCUT2D eigenvalue weighted by molar-refractivity contribution is 7.71. The van der Waals surface area contributed by atoms with Crippen LogP contribution in [0.3, 0.4) is 0 Å². The van der Waals surface area contributed by atoms with Crippen LogP contribution in [-0.2, 0) is 16.0 Å². The molecule has 0 aliphatic rings. The van der Waals surface area contributed by atoms with E-state index in [9.17, 15) is 14.7 Å². The van der Waals surface area contributed by atoms with Gasteiger partial charge in [-0.25, -0.2) is 9.79 Å². The first-order chi connectivity index (χ1) is 15.0. The molecule has 31 heavy (non-hydrogen) atoms. The number of aromatic amines is 1. The number of nitrogens with one attached hydrogen (secondary N) is 1. The molecule has 0 radical (unpaired) electrons. The molecule has 10 heteroatoms. The monoisotopic (exact) mass is 459 g/mol. The van der Waals surface area contributed by atoms with Crippen molar-refractivity contribution in [3.63, 3.8) is 0 Å². The first-order valence-electron chi connectivity index (χ1n) is 9.41. The Morgan fingerprint density at radius 1 is 1.35 bits per heavy atom. The van der Waals surface area contributed by atoms with E-state index in [1.165, 1.54) is 29.2 Å². The van der Waals surface area contributed by atoms with Crippen molar-refractivity contribution in [2.75, 3.05) is 20.3 Å². The Morgan fingerprint density at radius 2 is 2.10 bits per heavy atom. The minimum Gasteiger partial charge on any atom is -0.494 e. The number of hydrogen-bond acceptors (Lipinski definition) is 8. The number of aromatic nitrogens is 2. The lowest BCUT2D eigenvalue weighted by Gasteiger charge is -2.10. The van der Waals surface area contributed by atoms with Crippen LogP contribution in [0.15, 0.2) is 46.2 Å². The van der Waals surface area contributed by atoms with Gasteiger partial charge in [-0.1, -0.05) is 30.3 Å². The summed E-state index contributed by atoms with van der Waals surface area (Å²) >= 11 is 6.39. The second-order valence-corrected chi connectivity index (χ2v) is 7.73. The average molecular weight is 460 g/mol. The molecule has 8 nitrogen and oxygen atoms in total. The molecule has 0 amide bonds. The van der Waals surface area contributed by atoms with Gasteiger partial charge in [0.1, 0.15) is 10.6 Å². The van der Waals surface area contributed by atoms with E-state index in [1.54, 1.807) is 13.0 Å². The van der Waals surface area contributed by atoms with Crippen LogP contribution in [0.5, 0.6) is 5.88 Å². The molecule has 0 aliphatic heterocycles. The third-order valence-electron chi connectivity index (χ3n) is 4.30. The Hall–Kier alpha value is -3.08. The largest absolute Gasteiger partial charge is 0.494 e. The number of benzene rings is 1. The number of esters is 1. The van der Waals surface area contributed by atoms with E-state index in [0.717, 1.165) is 10.4 Å². The summed E-state index contributed by atoms with van der Waals surface area (Å²) in [6.45, 7) is 2.49. The predicted molar refractivity (Wildman–Crippen MR) is 122 cm³/mol. The summed E-state index contributed by atoms with van der Waals surface area (Å²) in [5, 5.41) is 10.9. The zero-order valence-corrected chi connectivity index (χ0v) is 18.6. The van der Waals surface area contributed by atoms with E-state index >= 15 is 0 Å². The van der Waals surface area contributed by atoms with Crippen molar-refractivity contribution in [1.82, 2.24) is 9.55 Å². The number of ether oxygens (including phenoxy) is 2. The summed E-state index contributed by atoms with van der Waals surface area (Å²) in [6, 6.07) is 11.3. The predicted octanol–water partition coefficient (Wildman–Crippen LogP) is 3.91. The molecule has 3 aromatic rings. The molecule has 0 fully saturated rings. The van der Waals surface area contributed by atoms with Crippen molar-refractivity contribution in [3.05, 3.63) is 62.6 Å². The smallest absolute Gasteiger partial charge is 0.341 e. The maximum Gasteiger partial charge on any atom is 0.341 e.